The number of urea groups is 1. The Kier molecular flexibility index (Phi) is 5.54. The number of amides is 2. The molecule has 1 heterocycles. The van der Waals surface area contributed by atoms with Crippen LogP contribution < -0.4 is 10.6 Å². The number of carbonyl (C=O) groups is 1. The number of aromatic nitrogens is 1. The van der Waals surface area contributed by atoms with Gasteiger partial charge >= 0.3 is 12.2 Å². The lowest BCUT2D eigenvalue weighted by Crippen LogP contribution is -2.43. The molecule has 0 aliphatic rings. The van der Waals surface area contributed by atoms with Crippen LogP contribution in [0.3, 0.4) is 0 Å². The summed E-state index contributed by atoms with van der Waals surface area (Å²) < 4.78 is 37.0. The molecule has 2 amide bonds. The number of nitrogens with zero attached hydrogens (tertiary/aromatic N) is 1. The van der Waals surface area contributed by atoms with Crippen LogP contribution in [0.2, 0.25) is 0 Å². The summed E-state index contributed by atoms with van der Waals surface area (Å²) in [5.74, 6) is 0. The van der Waals surface area contributed by atoms with E-state index in [0.717, 1.165) is 18.3 Å². The van der Waals surface area contributed by atoms with Crippen LogP contribution in [-0.2, 0) is 6.18 Å². The monoisotopic (exact) mass is 305 g/mol. The van der Waals surface area contributed by atoms with Gasteiger partial charge in [-0.1, -0.05) is 13.8 Å². The predicted molar refractivity (Wildman–Crippen MR) is 71.8 cm³/mol. The van der Waals surface area contributed by atoms with Gasteiger partial charge < -0.3 is 15.7 Å². The van der Waals surface area contributed by atoms with Crippen molar-refractivity contribution in [2.24, 2.45) is 0 Å². The first-order chi connectivity index (χ1) is 9.70. The Morgan fingerprint density at radius 1 is 1.29 bits per heavy atom. The Balaban J connectivity index is 2.56. The number of aliphatic hydroxyl groups is 1. The van der Waals surface area contributed by atoms with Gasteiger partial charge in [-0.3, -0.25) is 0 Å². The Morgan fingerprint density at radius 3 is 2.33 bits per heavy atom. The predicted octanol–water partition coefficient (Wildman–Crippen LogP) is 2.77. The lowest BCUT2D eigenvalue weighted by Gasteiger charge is -2.25. The lowest BCUT2D eigenvalue weighted by atomic mass is 9.98. The smallest absolute Gasteiger partial charge is 0.388 e. The van der Waals surface area contributed by atoms with Crippen molar-refractivity contribution in [2.75, 3.05) is 11.9 Å². The fraction of sp³-hybridized carbons (Fsp3) is 0.538. The molecule has 0 atom stereocenters. The zero-order valence-electron chi connectivity index (χ0n) is 11.8. The number of nitrogens with one attached hydrogen (secondary N) is 2. The van der Waals surface area contributed by atoms with Gasteiger partial charge in [0.05, 0.1) is 17.5 Å². The maximum atomic E-state index is 12.3. The molecule has 0 bridgehead atoms. The van der Waals surface area contributed by atoms with E-state index in [1.807, 2.05) is 0 Å². The highest BCUT2D eigenvalue weighted by Gasteiger charge is 2.32. The highest BCUT2D eigenvalue weighted by Crippen LogP contribution is 2.27. The van der Waals surface area contributed by atoms with E-state index in [9.17, 15) is 23.1 Å². The third-order valence-corrected chi connectivity index (χ3v) is 3.21. The standard InChI is InChI=1S/C13H18F3N3O2/c1-3-12(21,4-2)8-18-11(20)19-9-5-6-10(17-7-9)13(14,15)16/h5-7,21H,3-4,8H2,1-2H3,(H2,18,19,20). The number of hydrogen-bond donors (Lipinski definition) is 3. The minimum Gasteiger partial charge on any atom is -0.388 e. The molecule has 118 valence electrons. The van der Waals surface area contributed by atoms with Crippen LogP contribution in [0.4, 0.5) is 23.7 Å². The molecule has 21 heavy (non-hydrogen) atoms. The zero-order valence-corrected chi connectivity index (χ0v) is 11.8. The van der Waals surface area contributed by atoms with Gasteiger partial charge in [-0.15, -0.1) is 0 Å². The normalized spacial score (nSPS) is 12.1. The highest BCUT2D eigenvalue weighted by molar-refractivity contribution is 5.89. The first-order valence-electron chi connectivity index (χ1n) is 6.50. The zero-order chi connectivity index (χ0) is 16.1. The van der Waals surface area contributed by atoms with Gasteiger partial charge in [-0.25, -0.2) is 9.78 Å². The lowest BCUT2D eigenvalue weighted by molar-refractivity contribution is -0.141. The van der Waals surface area contributed by atoms with Crippen LogP contribution in [0.25, 0.3) is 0 Å². The van der Waals surface area contributed by atoms with Crippen LogP contribution in [0.15, 0.2) is 18.3 Å². The third kappa shape index (κ3) is 5.22. The minimum atomic E-state index is -4.51. The molecule has 0 spiro atoms. The molecule has 1 aromatic rings. The van der Waals surface area contributed by atoms with Gasteiger partial charge in [0.2, 0.25) is 0 Å². The summed E-state index contributed by atoms with van der Waals surface area (Å²) in [6, 6.07) is 1.28. The van der Waals surface area contributed by atoms with E-state index in [4.69, 9.17) is 0 Å². The number of anilines is 1. The fourth-order valence-corrected chi connectivity index (χ4v) is 1.56. The van der Waals surface area contributed by atoms with Crippen molar-refractivity contribution in [2.45, 2.75) is 38.5 Å². The summed E-state index contributed by atoms with van der Waals surface area (Å²) in [7, 11) is 0. The second-order valence-electron chi connectivity index (χ2n) is 4.67. The van der Waals surface area contributed by atoms with Gasteiger partial charge in [0.15, 0.2) is 0 Å². The first-order valence-corrected chi connectivity index (χ1v) is 6.50. The average molecular weight is 305 g/mol. The molecule has 5 nitrogen and oxygen atoms in total. The highest BCUT2D eigenvalue weighted by atomic mass is 19.4. The maximum Gasteiger partial charge on any atom is 0.433 e. The van der Waals surface area contributed by atoms with Gasteiger partial charge in [0, 0.05) is 6.54 Å². The molecule has 0 saturated carbocycles. The van der Waals surface area contributed by atoms with Crippen LogP contribution in [0.5, 0.6) is 0 Å². The summed E-state index contributed by atoms with van der Waals surface area (Å²) in [5, 5.41) is 14.8. The summed E-state index contributed by atoms with van der Waals surface area (Å²) in [4.78, 5) is 14.8. The summed E-state index contributed by atoms with van der Waals surface area (Å²) in [6.45, 7) is 3.64. The molecule has 0 aliphatic heterocycles. The maximum absolute atomic E-state index is 12.3. The molecule has 1 rings (SSSR count). The van der Waals surface area contributed by atoms with Crippen molar-refractivity contribution in [1.29, 1.82) is 0 Å². The van der Waals surface area contributed by atoms with Crippen LogP contribution in [-0.4, -0.2) is 28.3 Å². The molecule has 3 N–H and O–H groups in total. The van der Waals surface area contributed by atoms with Gasteiger partial charge in [0.25, 0.3) is 0 Å². The van der Waals surface area contributed by atoms with Crippen LogP contribution >= 0.6 is 0 Å². The van der Waals surface area contributed by atoms with Crippen molar-refractivity contribution in [1.82, 2.24) is 10.3 Å². The van der Waals surface area contributed by atoms with Crippen molar-refractivity contribution in [3.05, 3.63) is 24.0 Å². The molecule has 0 unspecified atom stereocenters. The van der Waals surface area contributed by atoms with Crippen molar-refractivity contribution in [3.8, 4) is 0 Å². The number of rotatable bonds is 5. The number of carbonyl (C=O) groups excluding carboxylic acids is 1. The molecule has 0 fully saturated rings. The number of alkyl halides is 3. The summed E-state index contributed by atoms with van der Waals surface area (Å²) in [5.41, 5.74) is -1.88. The second kappa shape index (κ2) is 6.75. The molecule has 0 saturated heterocycles. The average Bonchev–Trinajstić information content (AvgIpc) is 2.44. The molecule has 1 aromatic heterocycles. The Morgan fingerprint density at radius 2 is 1.90 bits per heavy atom. The third-order valence-electron chi connectivity index (χ3n) is 3.21. The van der Waals surface area contributed by atoms with Crippen LogP contribution in [0, 0.1) is 0 Å². The molecule has 8 heteroatoms. The number of hydrogen-bond acceptors (Lipinski definition) is 3. The van der Waals surface area contributed by atoms with E-state index in [-0.39, 0.29) is 12.2 Å². The van der Waals surface area contributed by atoms with E-state index in [2.05, 4.69) is 15.6 Å². The topological polar surface area (TPSA) is 74.2 Å². The van der Waals surface area contributed by atoms with E-state index in [0.29, 0.717) is 12.8 Å². The first kappa shape index (κ1) is 17.2. The van der Waals surface area contributed by atoms with Crippen molar-refractivity contribution >= 4 is 11.7 Å². The Bertz CT molecular complexity index is 471. The minimum absolute atomic E-state index is 0.0555. The van der Waals surface area contributed by atoms with E-state index in [1.165, 1.54) is 0 Å². The summed E-state index contributed by atoms with van der Waals surface area (Å²) in [6.07, 6.45) is -2.63. The number of halogens is 3. The molecule has 0 aliphatic carbocycles. The molecule has 0 aromatic carbocycles. The second-order valence-corrected chi connectivity index (χ2v) is 4.67. The summed E-state index contributed by atoms with van der Waals surface area (Å²) >= 11 is 0. The van der Waals surface area contributed by atoms with Crippen LogP contribution in [0.1, 0.15) is 32.4 Å². The Hall–Kier alpha value is -1.83. The van der Waals surface area contributed by atoms with Gasteiger partial charge in [-0.2, -0.15) is 13.2 Å². The molecular weight excluding hydrogens is 287 g/mol. The van der Waals surface area contributed by atoms with E-state index < -0.39 is 23.5 Å². The van der Waals surface area contributed by atoms with E-state index >= 15 is 0 Å². The molecular formula is C13H18F3N3O2. The quantitative estimate of drug-likeness (QED) is 0.783. The molecule has 0 radical (unpaired) electrons. The van der Waals surface area contributed by atoms with Gasteiger partial charge in [-0.05, 0) is 25.0 Å². The van der Waals surface area contributed by atoms with Gasteiger partial charge in [0.1, 0.15) is 5.69 Å². The van der Waals surface area contributed by atoms with Crippen molar-refractivity contribution in [3.63, 3.8) is 0 Å². The largest absolute Gasteiger partial charge is 0.433 e. The Labute approximate surface area is 120 Å². The van der Waals surface area contributed by atoms with E-state index in [1.54, 1.807) is 13.8 Å². The number of pyridine rings is 1. The fourth-order valence-electron chi connectivity index (χ4n) is 1.56. The van der Waals surface area contributed by atoms with Crippen molar-refractivity contribution < 1.29 is 23.1 Å². The SMILES string of the molecule is CCC(O)(CC)CNC(=O)Nc1ccc(C(F)(F)F)nc1.